The summed E-state index contributed by atoms with van der Waals surface area (Å²) in [6.07, 6.45) is 3.32. The van der Waals surface area contributed by atoms with E-state index in [2.05, 4.69) is 10.4 Å². The molecule has 6 nitrogen and oxygen atoms in total. The molecule has 1 unspecified atom stereocenters. The number of rotatable bonds is 4. The maximum Gasteiger partial charge on any atom is 0.329 e. The molecule has 6 heteroatoms. The van der Waals surface area contributed by atoms with E-state index < -0.39 is 17.4 Å². The molecule has 2 rings (SSSR count). The van der Waals surface area contributed by atoms with Gasteiger partial charge in [0.05, 0.1) is 0 Å². The first-order valence-corrected chi connectivity index (χ1v) is 5.49. The number of aryl methyl sites for hydroxylation is 1. The standard InChI is InChI=1S/C11H15N3O3/c1-11(10(16)17,7-3-4-7)12-9(15)8-5-6-14(2)13-8/h5-7H,3-4H2,1-2H3,(H,12,15)(H,16,17). The summed E-state index contributed by atoms with van der Waals surface area (Å²) in [5.74, 6) is -1.42. The Morgan fingerprint density at radius 3 is 2.65 bits per heavy atom. The van der Waals surface area contributed by atoms with Gasteiger partial charge in [-0.25, -0.2) is 4.79 Å². The van der Waals surface area contributed by atoms with Gasteiger partial charge in [0.15, 0.2) is 0 Å². The Hall–Kier alpha value is -1.85. The largest absolute Gasteiger partial charge is 0.480 e. The number of hydrogen-bond donors (Lipinski definition) is 2. The van der Waals surface area contributed by atoms with Crippen LogP contribution < -0.4 is 5.32 Å². The van der Waals surface area contributed by atoms with Crippen molar-refractivity contribution >= 4 is 11.9 Å². The van der Waals surface area contributed by atoms with Crippen molar-refractivity contribution in [3.05, 3.63) is 18.0 Å². The van der Waals surface area contributed by atoms with Crippen LogP contribution in [0.2, 0.25) is 0 Å². The van der Waals surface area contributed by atoms with Crippen LogP contribution in [0.3, 0.4) is 0 Å². The number of carbonyl (C=O) groups is 2. The lowest BCUT2D eigenvalue weighted by Crippen LogP contribution is -2.54. The minimum Gasteiger partial charge on any atom is -0.480 e. The number of nitrogens with one attached hydrogen (secondary N) is 1. The molecule has 1 aliphatic carbocycles. The fourth-order valence-corrected chi connectivity index (χ4v) is 1.83. The number of nitrogens with zero attached hydrogens (tertiary/aromatic N) is 2. The van der Waals surface area contributed by atoms with Gasteiger partial charge in [0.2, 0.25) is 0 Å². The molecule has 1 amide bonds. The first-order chi connectivity index (χ1) is 7.93. The minimum atomic E-state index is -1.19. The van der Waals surface area contributed by atoms with Crippen LogP contribution in [0.1, 0.15) is 30.3 Å². The van der Waals surface area contributed by atoms with Crippen LogP contribution in [0.25, 0.3) is 0 Å². The smallest absolute Gasteiger partial charge is 0.329 e. The molecular weight excluding hydrogens is 222 g/mol. The minimum absolute atomic E-state index is 0.0210. The number of carboxylic acids is 1. The molecule has 1 atom stereocenters. The van der Waals surface area contributed by atoms with Crippen molar-refractivity contribution in [2.24, 2.45) is 13.0 Å². The summed E-state index contributed by atoms with van der Waals surface area (Å²) < 4.78 is 1.50. The summed E-state index contributed by atoms with van der Waals surface area (Å²) in [5.41, 5.74) is -0.949. The van der Waals surface area contributed by atoms with Crippen LogP contribution in [-0.2, 0) is 11.8 Å². The zero-order valence-corrected chi connectivity index (χ0v) is 9.80. The Morgan fingerprint density at radius 1 is 1.59 bits per heavy atom. The van der Waals surface area contributed by atoms with Crippen molar-refractivity contribution in [3.8, 4) is 0 Å². The second-order valence-electron chi connectivity index (χ2n) is 4.61. The average Bonchev–Trinajstić information content (AvgIpc) is 3.01. The third kappa shape index (κ3) is 2.15. The molecule has 17 heavy (non-hydrogen) atoms. The number of carboxylic acid groups (broad SMARTS) is 1. The summed E-state index contributed by atoms with van der Waals surface area (Å²) in [4.78, 5) is 23.1. The molecule has 1 fully saturated rings. The Morgan fingerprint density at radius 2 is 2.24 bits per heavy atom. The fourth-order valence-electron chi connectivity index (χ4n) is 1.83. The van der Waals surface area contributed by atoms with Crippen molar-refractivity contribution in [2.45, 2.75) is 25.3 Å². The Kier molecular flexibility index (Phi) is 2.65. The average molecular weight is 237 g/mol. The molecule has 92 valence electrons. The molecule has 1 aromatic rings. The molecule has 0 aliphatic heterocycles. The number of aromatic nitrogens is 2. The highest BCUT2D eigenvalue weighted by molar-refractivity contribution is 5.96. The number of aliphatic carboxylic acids is 1. The van der Waals surface area contributed by atoms with E-state index in [1.54, 1.807) is 26.2 Å². The van der Waals surface area contributed by atoms with Gasteiger partial charge < -0.3 is 10.4 Å². The molecule has 2 N–H and O–H groups in total. The van der Waals surface area contributed by atoms with Crippen molar-refractivity contribution in [1.82, 2.24) is 15.1 Å². The zero-order chi connectivity index (χ0) is 12.6. The molecule has 1 heterocycles. The highest BCUT2D eigenvalue weighted by Crippen LogP contribution is 2.39. The van der Waals surface area contributed by atoms with Gasteiger partial charge in [-0.1, -0.05) is 0 Å². The lowest BCUT2D eigenvalue weighted by atomic mass is 9.96. The molecule has 1 aromatic heterocycles. The van der Waals surface area contributed by atoms with Gasteiger partial charge in [0.1, 0.15) is 11.2 Å². The molecule has 0 radical (unpaired) electrons. The van der Waals surface area contributed by atoms with Gasteiger partial charge in [0.25, 0.3) is 5.91 Å². The predicted octanol–water partition coefficient (Wildman–Crippen LogP) is 0.403. The fraction of sp³-hybridized carbons (Fsp3) is 0.545. The van der Waals surface area contributed by atoms with E-state index in [0.29, 0.717) is 0 Å². The summed E-state index contributed by atoms with van der Waals surface area (Å²) in [5, 5.41) is 15.7. The second kappa shape index (κ2) is 3.87. The monoisotopic (exact) mass is 237 g/mol. The molecule has 0 saturated heterocycles. The Bertz CT molecular complexity index is 464. The van der Waals surface area contributed by atoms with E-state index in [1.807, 2.05) is 0 Å². The summed E-state index contributed by atoms with van der Waals surface area (Å²) in [7, 11) is 1.70. The molecule has 0 aromatic carbocycles. The van der Waals surface area contributed by atoms with E-state index in [0.717, 1.165) is 12.8 Å². The van der Waals surface area contributed by atoms with Crippen LogP contribution >= 0.6 is 0 Å². The number of amides is 1. The quantitative estimate of drug-likeness (QED) is 0.794. The Labute approximate surface area is 98.6 Å². The molecule has 0 spiro atoms. The number of hydrogen-bond acceptors (Lipinski definition) is 3. The first kappa shape index (κ1) is 11.6. The maximum atomic E-state index is 11.9. The lowest BCUT2D eigenvalue weighted by Gasteiger charge is -2.25. The number of carbonyl (C=O) groups excluding carboxylic acids is 1. The van der Waals surface area contributed by atoms with Gasteiger partial charge in [-0.15, -0.1) is 0 Å². The van der Waals surface area contributed by atoms with Crippen LogP contribution in [0.5, 0.6) is 0 Å². The van der Waals surface area contributed by atoms with Crippen LogP contribution in [0, 0.1) is 5.92 Å². The molecule has 1 aliphatic rings. The third-order valence-corrected chi connectivity index (χ3v) is 3.16. The second-order valence-corrected chi connectivity index (χ2v) is 4.61. The van der Waals surface area contributed by atoms with Crippen molar-refractivity contribution < 1.29 is 14.7 Å². The van der Waals surface area contributed by atoms with E-state index >= 15 is 0 Å². The third-order valence-electron chi connectivity index (χ3n) is 3.16. The highest BCUT2D eigenvalue weighted by atomic mass is 16.4. The van der Waals surface area contributed by atoms with Gasteiger partial charge in [0, 0.05) is 13.2 Å². The van der Waals surface area contributed by atoms with Crippen LogP contribution in [0.4, 0.5) is 0 Å². The van der Waals surface area contributed by atoms with Gasteiger partial charge >= 0.3 is 5.97 Å². The van der Waals surface area contributed by atoms with Crippen LogP contribution in [-0.4, -0.2) is 32.3 Å². The lowest BCUT2D eigenvalue weighted by molar-refractivity contribution is -0.144. The Balaban J connectivity index is 2.14. The van der Waals surface area contributed by atoms with E-state index in [-0.39, 0.29) is 11.6 Å². The normalized spacial score (nSPS) is 18.5. The SMILES string of the molecule is Cn1ccc(C(=O)NC(C)(C(=O)O)C2CC2)n1. The molecular formula is C11H15N3O3. The van der Waals surface area contributed by atoms with Crippen molar-refractivity contribution in [2.75, 3.05) is 0 Å². The van der Waals surface area contributed by atoms with E-state index in [9.17, 15) is 14.7 Å². The summed E-state index contributed by atoms with van der Waals surface area (Å²) in [6, 6.07) is 1.56. The summed E-state index contributed by atoms with van der Waals surface area (Å²) >= 11 is 0. The van der Waals surface area contributed by atoms with E-state index in [1.165, 1.54) is 4.68 Å². The van der Waals surface area contributed by atoms with Gasteiger partial charge in [-0.05, 0) is 31.7 Å². The van der Waals surface area contributed by atoms with Crippen molar-refractivity contribution in [1.29, 1.82) is 0 Å². The summed E-state index contributed by atoms with van der Waals surface area (Å²) in [6.45, 7) is 1.55. The van der Waals surface area contributed by atoms with Crippen LogP contribution in [0.15, 0.2) is 12.3 Å². The van der Waals surface area contributed by atoms with Gasteiger partial charge in [-0.2, -0.15) is 5.10 Å². The predicted molar refractivity (Wildman–Crippen MR) is 59.4 cm³/mol. The van der Waals surface area contributed by atoms with Crippen molar-refractivity contribution in [3.63, 3.8) is 0 Å². The van der Waals surface area contributed by atoms with E-state index in [4.69, 9.17) is 0 Å². The van der Waals surface area contributed by atoms with Gasteiger partial charge in [-0.3, -0.25) is 9.48 Å². The zero-order valence-electron chi connectivity index (χ0n) is 9.80. The molecule has 0 bridgehead atoms. The maximum absolute atomic E-state index is 11.9. The molecule has 1 saturated carbocycles. The highest BCUT2D eigenvalue weighted by Gasteiger charge is 2.48. The topological polar surface area (TPSA) is 84.2 Å². The first-order valence-electron chi connectivity index (χ1n) is 5.49.